The molecule has 3 heterocycles. The standard InChI is InChI=1S/C24H22N6O3/c1-16-11-17(3-6-22(16)33-19-7-8-30-23(13-19)26-15-28-30)29-24-20-12-18(32-10-9-31-2)4-5-21(20)25-14-27-24/h3-8,11-15H,9-10H2,1-2H3,(H,25,27,29). The number of aromatic nitrogens is 5. The second-order valence-electron chi connectivity index (χ2n) is 7.38. The average Bonchev–Trinajstić information content (AvgIpc) is 3.29. The Morgan fingerprint density at radius 3 is 2.73 bits per heavy atom. The minimum absolute atomic E-state index is 0.475. The maximum absolute atomic E-state index is 6.06. The largest absolute Gasteiger partial charge is 0.491 e. The number of hydrogen-bond donors (Lipinski definition) is 1. The molecule has 0 aliphatic heterocycles. The van der Waals surface area contributed by atoms with Crippen molar-refractivity contribution < 1.29 is 14.2 Å². The minimum atomic E-state index is 0.475. The average molecular weight is 442 g/mol. The lowest BCUT2D eigenvalue weighted by atomic mass is 10.2. The van der Waals surface area contributed by atoms with Crippen molar-refractivity contribution in [1.82, 2.24) is 24.6 Å². The lowest BCUT2D eigenvalue weighted by molar-refractivity contribution is 0.146. The molecule has 3 aromatic heterocycles. The summed E-state index contributed by atoms with van der Waals surface area (Å²) in [5.74, 6) is 2.89. The summed E-state index contributed by atoms with van der Waals surface area (Å²) in [5, 5.41) is 8.35. The summed E-state index contributed by atoms with van der Waals surface area (Å²) in [6.07, 6.45) is 4.87. The van der Waals surface area contributed by atoms with Gasteiger partial charge in [0.25, 0.3) is 0 Å². The predicted octanol–water partition coefficient (Wildman–Crippen LogP) is 4.54. The van der Waals surface area contributed by atoms with Crippen LogP contribution in [0.2, 0.25) is 0 Å². The Balaban J connectivity index is 1.36. The summed E-state index contributed by atoms with van der Waals surface area (Å²) >= 11 is 0. The van der Waals surface area contributed by atoms with Crippen molar-refractivity contribution in [3.63, 3.8) is 0 Å². The van der Waals surface area contributed by atoms with Gasteiger partial charge in [-0.3, -0.25) is 0 Å². The van der Waals surface area contributed by atoms with Gasteiger partial charge < -0.3 is 19.5 Å². The van der Waals surface area contributed by atoms with Gasteiger partial charge in [0.1, 0.15) is 42.3 Å². The van der Waals surface area contributed by atoms with Crippen molar-refractivity contribution >= 4 is 28.1 Å². The van der Waals surface area contributed by atoms with Crippen LogP contribution in [0.4, 0.5) is 11.5 Å². The number of anilines is 2. The van der Waals surface area contributed by atoms with Crippen LogP contribution >= 0.6 is 0 Å². The number of methoxy groups -OCH3 is 1. The van der Waals surface area contributed by atoms with Gasteiger partial charge in [0.15, 0.2) is 5.65 Å². The molecular formula is C24H22N6O3. The fraction of sp³-hybridized carbons (Fsp3) is 0.167. The zero-order valence-electron chi connectivity index (χ0n) is 18.2. The Bertz CT molecular complexity index is 1420. The van der Waals surface area contributed by atoms with Crippen LogP contribution in [-0.4, -0.2) is 44.9 Å². The summed E-state index contributed by atoms with van der Waals surface area (Å²) in [6, 6.07) is 15.3. The Morgan fingerprint density at radius 1 is 0.909 bits per heavy atom. The molecule has 166 valence electrons. The first-order valence-corrected chi connectivity index (χ1v) is 10.4. The summed E-state index contributed by atoms with van der Waals surface area (Å²) in [6.45, 7) is 2.99. The topological polar surface area (TPSA) is 95.7 Å². The van der Waals surface area contributed by atoms with Crippen LogP contribution in [0.25, 0.3) is 16.6 Å². The number of hydrogen-bond acceptors (Lipinski definition) is 8. The molecule has 0 amide bonds. The highest BCUT2D eigenvalue weighted by Crippen LogP contribution is 2.31. The molecule has 0 aliphatic rings. The van der Waals surface area contributed by atoms with E-state index in [4.69, 9.17) is 14.2 Å². The van der Waals surface area contributed by atoms with E-state index in [-0.39, 0.29) is 0 Å². The Labute approximate surface area is 190 Å². The van der Waals surface area contributed by atoms with Crippen LogP contribution in [0.3, 0.4) is 0 Å². The highest BCUT2D eigenvalue weighted by Gasteiger charge is 2.09. The summed E-state index contributed by atoms with van der Waals surface area (Å²) < 4.78 is 18.5. The number of nitrogens with one attached hydrogen (secondary N) is 1. The van der Waals surface area contributed by atoms with Gasteiger partial charge in [-0.2, -0.15) is 5.10 Å². The number of benzene rings is 2. The first-order valence-electron chi connectivity index (χ1n) is 10.4. The monoisotopic (exact) mass is 442 g/mol. The molecule has 0 aliphatic carbocycles. The van der Waals surface area contributed by atoms with E-state index < -0.39 is 0 Å². The van der Waals surface area contributed by atoms with Crippen molar-refractivity contribution in [3.8, 4) is 17.2 Å². The summed E-state index contributed by atoms with van der Waals surface area (Å²) in [4.78, 5) is 13.0. The van der Waals surface area contributed by atoms with E-state index in [2.05, 4.69) is 25.4 Å². The molecule has 0 spiro atoms. The Morgan fingerprint density at radius 2 is 1.85 bits per heavy atom. The van der Waals surface area contributed by atoms with E-state index in [1.165, 1.54) is 6.33 Å². The van der Waals surface area contributed by atoms with Gasteiger partial charge in [-0.05, 0) is 55.0 Å². The third kappa shape index (κ3) is 4.53. The van der Waals surface area contributed by atoms with Crippen LogP contribution in [0, 0.1) is 6.92 Å². The highest BCUT2D eigenvalue weighted by atomic mass is 16.5. The fourth-order valence-corrected chi connectivity index (χ4v) is 3.43. The maximum Gasteiger partial charge on any atom is 0.158 e. The SMILES string of the molecule is COCCOc1ccc2ncnc(Nc3ccc(Oc4ccn5ncnc5c4)c(C)c3)c2c1. The minimum Gasteiger partial charge on any atom is -0.491 e. The molecule has 33 heavy (non-hydrogen) atoms. The molecule has 2 aromatic carbocycles. The van der Waals surface area contributed by atoms with Crippen LogP contribution < -0.4 is 14.8 Å². The van der Waals surface area contributed by atoms with E-state index in [9.17, 15) is 0 Å². The van der Waals surface area contributed by atoms with Crippen molar-refractivity contribution in [1.29, 1.82) is 0 Å². The van der Waals surface area contributed by atoms with Gasteiger partial charge in [-0.25, -0.2) is 19.5 Å². The van der Waals surface area contributed by atoms with Gasteiger partial charge >= 0.3 is 0 Å². The third-order valence-corrected chi connectivity index (χ3v) is 5.08. The predicted molar refractivity (Wildman–Crippen MR) is 124 cm³/mol. The summed E-state index contributed by atoms with van der Waals surface area (Å²) in [7, 11) is 1.65. The van der Waals surface area contributed by atoms with Crippen LogP contribution in [-0.2, 0) is 4.74 Å². The quantitative estimate of drug-likeness (QED) is 0.350. The van der Waals surface area contributed by atoms with Gasteiger partial charge in [0, 0.05) is 30.4 Å². The number of pyridine rings is 1. The Hall–Kier alpha value is -4.24. The second-order valence-corrected chi connectivity index (χ2v) is 7.38. The zero-order chi connectivity index (χ0) is 22.6. The van der Waals surface area contributed by atoms with Gasteiger partial charge in [-0.1, -0.05) is 0 Å². The molecule has 1 N–H and O–H groups in total. The lowest BCUT2D eigenvalue weighted by Crippen LogP contribution is -2.04. The van der Waals surface area contributed by atoms with E-state index in [0.717, 1.165) is 39.3 Å². The second kappa shape index (κ2) is 9.09. The van der Waals surface area contributed by atoms with E-state index >= 15 is 0 Å². The number of aryl methyl sites for hydroxylation is 1. The van der Waals surface area contributed by atoms with Gasteiger partial charge in [0.2, 0.25) is 0 Å². The van der Waals surface area contributed by atoms with Crippen molar-refractivity contribution in [3.05, 3.63) is 72.9 Å². The molecule has 0 unspecified atom stereocenters. The van der Waals surface area contributed by atoms with Crippen molar-refractivity contribution in [2.24, 2.45) is 0 Å². The molecule has 5 rings (SSSR count). The summed E-state index contributed by atoms with van der Waals surface area (Å²) in [5.41, 5.74) is 3.42. The first-order chi connectivity index (χ1) is 16.2. The number of nitrogens with zero attached hydrogens (tertiary/aromatic N) is 5. The molecule has 0 radical (unpaired) electrons. The molecule has 9 nitrogen and oxygen atoms in total. The lowest BCUT2D eigenvalue weighted by Gasteiger charge is -2.13. The van der Waals surface area contributed by atoms with Crippen LogP contribution in [0.15, 0.2) is 67.4 Å². The van der Waals surface area contributed by atoms with E-state index in [1.54, 1.807) is 18.0 Å². The highest BCUT2D eigenvalue weighted by molar-refractivity contribution is 5.91. The zero-order valence-corrected chi connectivity index (χ0v) is 18.2. The van der Waals surface area contributed by atoms with E-state index in [0.29, 0.717) is 24.8 Å². The molecule has 5 aromatic rings. The third-order valence-electron chi connectivity index (χ3n) is 5.08. The fourth-order valence-electron chi connectivity index (χ4n) is 3.43. The van der Waals surface area contributed by atoms with Crippen LogP contribution in [0.5, 0.6) is 17.2 Å². The molecule has 9 heteroatoms. The number of ether oxygens (including phenoxy) is 3. The number of fused-ring (bicyclic) bond motifs is 2. The molecular weight excluding hydrogens is 420 g/mol. The normalized spacial score (nSPS) is 11.1. The molecule has 0 fully saturated rings. The number of rotatable bonds is 8. The van der Waals surface area contributed by atoms with Gasteiger partial charge in [-0.15, -0.1) is 0 Å². The molecule has 0 bridgehead atoms. The van der Waals surface area contributed by atoms with Crippen molar-refractivity contribution in [2.75, 3.05) is 25.6 Å². The molecule has 0 atom stereocenters. The molecule has 0 saturated heterocycles. The van der Waals surface area contributed by atoms with Crippen LogP contribution in [0.1, 0.15) is 5.56 Å². The first kappa shape index (κ1) is 20.7. The molecule has 0 saturated carbocycles. The Kier molecular flexibility index (Phi) is 5.69. The maximum atomic E-state index is 6.06. The van der Waals surface area contributed by atoms with Gasteiger partial charge in [0.05, 0.1) is 12.1 Å². The smallest absolute Gasteiger partial charge is 0.158 e. The van der Waals surface area contributed by atoms with Crippen molar-refractivity contribution in [2.45, 2.75) is 6.92 Å². The van der Waals surface area contributed by atoms with E-state index in [1.807, 2.05) is 61.7 Å².